The molecule has 1 unspecified atom stereocenters. The van der Waals surface area contributed by atoms with Crippen molar-refractivity contribution in [3.8, 4) is 0 Å². The van der Waals surface area contributed by atoms with Gasteiger partial charge < -0.3 is 35.0 Å². The number of rotatable bonds is 16. The van der Waals surface area contributed by atoms with E-state index in [4.69, 9.17) is 24.8 Å². The number of ketones is 1. The van der Waals surface area contributed by atoms with Crippen molar-refractivity contribution in [2.75, 3.05) is 13.7 Å². The second-order valence-corrected chi connectivity index (χ2v) is 17.7. The van der Waals surface area contributed by atoms with E-state index in [-0.39, 0.29) is 53.0 Å². The standard InChI is InChI=1S/C50H64N4O6.Mg/c1-12-34-30(7)38-26-42-35(13-2)32(9)41(54(42)58)25-39-31(8)36(20-21-43(55)60-23-22-29(6)19-15-18-28(5)17-14-16-27(3)4)47(52-39)45-46(50(57)59-11)49(56)44-33(10)37(53-48(44)45)24-40(34)51-38;/h13,22,24-28,31,36,46,54H,2,12,14-21,23H2,1,3-11H3,(H-,52,53,56);/q-2;+2/p-1/b29-22+,38-26-,39-25-,40-24-;/t28-,31+,36+,46-;/m1./s1. The number of allylic oxidation sites excluding steroid dienone is 8. The fraction of sp³-hybridized carbons (Fsp3) is 0.500. The Bertz CT molecular complexity index is 2350. The summed E-state index contributed by atoms with van der Waals surface area (Å²) in [6, 6.07) is 0. The van der Waals surface area contributed by atoms with E-state index >= 15 is 0 Å². The number of ether oxygens (including phenoxy) is 2. The van der Waals surface area contributed by atoms with Crippen LogP contribution in [0.25, 0.3) is 23.0 Å². The monoisotopic (exact) mass is 839 g/mol. The van der Waals surface area contributed by atoms with Gasteiger partial charge in [-0.2, -0.15) is 11.4 Å². The van der Waals surface area contributed by atoms with Crippen LogP contribution >= 0.6 is 0 Å². The Balaban J connectivity index is 0.00000704. The van der Waals surface area contributed by atoms with Crippen LogP contribution in [-0.2, 0) is 25.5 Å². The molecule has 61 heavy (non-hydrogen) atoms. The smallest absolute Gasteiger partial charge is 0.664 e. The van der Waals surface area contributed by atoms with E-state index < -0.39 is 23.6 Å². The Kier molecular flexibility index (Phi) is 16.0. The zero-order chi connectivity index (χ0) is 43.6. The van der Waals surface area contributed by atoms with Crippen LogP contribution in [-0.4, -0.2) is 54.5 Å². The average molecular weight is 840 g/mol. The summed E-state index contributed by atoms with van der Waals surface area (Å²) in [7, 11) is 1.27. The Hall–Kier alpha value is -4.16. The number of hydroxylamine groups is 2. The molecule has 5 atom stereocenters. The Morgan fingerprint density at radius 1 is 0.984 bits per heavy atom. The SMILES string of the molecule is C=CC1=C2/C=c3\[n-]/c(c(CC)c3C)=C\c3[n-]c4c(c3C)C(=O)[C@H](C(=O)OC)/C4=C3/[N-]/C(=C\C(=C1C)[NH+]2[O-])[C@@H](C)[C@@H]3CCC(=O)OC/C=C(\C)CCC[C@H](C)CCCC(C)C.[Mg+2]. The van der Waals surface area contributed by atoms with Crippen LogP contribution in [0.3, 0.4) is 0 Å². The van der Waals surface area contributed by atoms with Gasteiger partial charge >= 0.3 is 35.0 Å². The predicted octanol–water partition coefficient (Wildman–Crippen LogP) is 7.26. The van der Waals surface area contributed by atoms with Crippen LogP contribution in [0.5, 0.6) is 0 Å². The van der Waals surface area contributed by atoms with Crippen molar-refractivity contribution in [1.82, 2.24) is 9.97 Å². The summed E-state index contributed by atoms with van der Waals surface area (Å²) in [6.07, 6.45) is 17.5. The van der Waals surface area contributed by atoms with Gasteiger partial charge in [-0.05, 0) is 95.3 Å². The van der Waals surface area contributed by atoms with E-state index in [0.29, 0.717) is 80.3 Å². The van der Waals surface area contributed by atoms with Crippen LogP contribution < -0.4 is 25.7 Å². The van der Waals surface area contributed by atoms with E-state index in [9.17, 15) is 19.6 Å². The molecule has 0 saturated carbocycles. The Morgan fingerprint density at radius 3 is 2.38 bits per heavy atom. The van der Waals surface area contributed by atoms with Crippen molar-refractivity contribution < 1.29 is 28.9 Å². The number of esters is 2. The molecule has 0 aromatic carbocycles. The third kappa shape index (κ3) is 9.75. The maximum Gasteiger partial charge on any atom is 2.00 e. The number of nitrogens with one attached hydrogen (secondary N) is 1. The third-order valence-electron chi connectivity index (χ3n) is 13.1. The maximum absolute atomic E-state index is 14.3. The minimum absolute atomic E-state index is 0. The molecule has 2 aromatic heterocycles. The Morgan fingerprint density at radius 2 is 1.70 bits per heavy atom. The summed E-state index contributed by atoms with van der Waals surface area (Å²) in [6.45, 7) is 23.0. The molecule has 1 N–H and O–H groups in total. The van der Waals surface area contributed by atoms with Gasteiger partial charge in [0.25, 0.3) is 0 Å². The van der Waals surface area contributed by atoms with E-state index in [1.165, 1.54) is 38.4 Å². The number of carbonyl (C=O) groups excluding carboxylic acids is 3. The van der Waals surface area contributed by atoms with Crippen molar-refractivity contribution >= 4 is 58.5 Å². The van der Waals surface area contributed by atoms with Gasteiger partial charge in [-0.3, -0.25) is 14.4 Å². The first-order valence-electron chi connectivity index (χ1n) is 21.9. The molecular weight excluding hydrogens is 777 g/mol. The largest absolute Gasteiger partial charge is 2.00 e. The first-order chi connectivity index (χ1) is 28.6. The number of hydrogen-bond donors (Lipinski definition) is 1. The fourth-order valence-corrected chi connectivity index (χ4v) is 9.39. The van der Waals surface area contributed by atoms with Gasteiger partial charge in [0.05, 0.1) is 7.11 Å². The molecule has 11 heteroatoms. The molecule has 8 bridgehead atoms. The van der Waals surface area contributed by atoms with Crippen molar-refractivity contribution in [2.24, 2.45) is 29.6 Å². The van der Waals surface area contributed by atoms with Crippen molar-refractivity contribution in [1.29, 1.82) is 0 Å². The van der Waals surface area contributed by atoms with E-state index in [1.54, 1.807) is 6.08 Å². The zero-order valence-electron chi connectivity index (χ0n) is 38.0. The normalized spacial score (nSPS) is 24.4. The molecule has 0 amide bonds. The number of aromatic nitrogens is 2. The zero-order valence-corrected chi connectivity index (χ0v) is 39.5. The van der Waals surface area contributed by atoms with E-state index in [1.807, 2.05) is 52.0 Å². The molecule has 1 aliphatic carbocycles. The second kappa shape index (κ2) is 20.3. The molecule has 4 aliphatic rings. The number of methoxy groups -OCH3 is 1. The van der Waals surface area contributed by atoms with Gasteiger partial charge in [0.15, 0.2) is 5.78 Å². The van der Waals surface area contributed by atoms with Crippen LogP contribution in [0.2, 0.25) is 0 Å². The molecule has 3 aliphatic heterocycles. The van der Waals surface area contributed by atoms with Crippen LogP contribution in [0.4, 0.5) is 0 Å². The molecule has 2 aromatic rings. The van der Waals surface area contributed by atoms with Crippen LogP contribution in [0, 0.1) is 48.6 Å². The summed E-state index contributed by atoms with van der Waals surface area (Å²) >= 11 is 0. The number of nitrogens with zero attached hydrogens (tertiary/aromatic N) is 3. The molecule has 10 nitrogen and oxygen atoms in total. The molecular formula is C50H63MgN4O6-. The van der Waals surface area contributed by atoms with Crippen LogP contribution in [0.15, 0.2) is 64.3 Å². The number of carbonyl (C=O) groups is 3. The molecule has 322 valence electrons. The Labute approximate surface area is 378 Å². The number of Topliss-reactive ketones (excluding diaryl/α,β-unsaturated/α-hetero) is 1. The fourth-order valence-electron chi connectivity index (χ4n) is 9.39. The average Bonchev–Trinajstić information content (AvgIpc) is 3.93. The van der Waals surface area contributed by atoms with Gasteiger partial charge in [0.2, 0.25) is 0 Å². The summed E-state index contributed by atoms with van der Waals surface area (Å²) in [5, 5.41) is 20.7. The van der Waals surface area contributed by atoms with Gasteiger partial charge in [0.1, 0.15) is 23.9 Å². The minimum Gasteiger partial charge on any atom is -0.664 e. The first-order valence-corrected chi connectivity index (χ1v) is 21.9. The number of hydrogen-bond acceptors (Lipinski definition) is 6. The number of fused-ring (bicyclic) bond motifs is 7. The van der Waals surface area contributed by atoms with Crippen LogP contribution in [0.1, 0.15) is 138 Å². The molecule has 6 rings (SSSR count). The molecule has 1 saturated heterocycles. The van der Waals surface area contributed by atoms with Gasteiger partial charge in [0, 0.05) is 23.1 Å². The molecule has 0 radical (unpaired) electrons. The van der Waals surface area contributed by atoms with Crippen molar-refractivity contribution in [2.45, 2.75) is 120 Å². The van der Waals surface area contributed by atoms with E-state index in [0.717, 1.165) is 41.0 Å². The minimum atomic E-state index is -1.27. The van der Waals surface area contributed by atoms with Gasteiger partial charge in [-0.1, -0.05) is 107 Å². The first kappa shape index (κ1) is 47.9. The molecule has 1 fully saturated rings. The van der Waals surface area contributed by atoms with Gasteiger partial charge in [-0.15, -0.1) is 22.1 Å². The molecule has 0 spiro atoms. The summed E-state index contributed by atoms with van der Waals surface area (Å²) in [5.41, 5.74) is 9.18. The van der Waals surface area contributed by atoms with E-state index in [2.05, 4.69) is 41.2 Å². The topological polar surface area (TPSA) is 139 Å². The van der Waals surface area contributed by atoms with Crippen molar-refractivity contribution in [3.63, 3.8) is 0 Å². The number of quaternary nitrogens is 1. The summed E-state index contributed by atoms with van der Waals surface area (Å²) in [4.78, 5) is 51.3. The molecule has 5 heterocycles. The third-order valence-corrected chi connectivity index (χ3v) is 13.1. The second-order valence-electron chi connectivity index (χ2n) is 17.7. The summed E-state index contributed by atoms with van der Waals surface area (Å²) in [5.74, 6) is -1.93. The quantitative estimate of drug-likeness (QED) is 0.0613. The van der Waals surface area contributed by atoms with Gasteiger partial charge in [-0.25, -0.2) is 0 Å². The summed E-state index contributed by atoms with van der Waals surface area (Å²) < 4.78 is 11.0. The predicted molar refractivity (Wildman–Crippen MR) is 242 cm³/mol. The van der Waals surface area contributed by atoms with Crippen molar-refractivity contribution in [3.05, 3.63) is 119 Å². The maximum atomic E-state index is 14.3.